The molecule has 0 fully saturated rings. The fraction of sp³-hybridized carbons (Fsp3) is 0.550. The highest BCUT2D eigenvalue weighted by molar-refractivity contribution is 6.48. The lowest BCUT2D eigenvalue weighted by Gasteiger charge is -2.31. The second-order valence-electron chi connectivity index (χ2n) is 6.87. The monoisotopic (exact) mass is 405 g/mol. The van der Waals surface area contributed by atoms with Crippen LogP contribution in [0.3, 0.4) is 0 Å². The zero-order valence-electron chi connectivity index (χ0n) is 17.1. The van der Waals surface area contributed by atoms with Gasteiger partial charge >= 0.3 is 19.1 Å². The third kappa shape index (κ3) is 5.96. The molecule has 1 aromatic rings. The van der Waals surface area contributed by atoms with Crippen LogP contribution in [-0.4, -0.2) is 49.2 Å². The Kier molecular flexibility index (Phi) is 8.51. The Balaban J connectivity index is 2.05. The van der Waals surface area contributed by atoms with Gasteiger partial charge in [0.15, 0.2) is 0 Å². The summed E-state index contributed by atoms with van der Waals surface area (Å²) in [5, 5.41) is 12.3. The summed E-state index contributed by atoms with van der Waals surface area (Å²) in [5.74, 6) is -1.91. The van der Waals surface area contributed by atoms with Crippen molar-refractivity contribution >= 4 is 25.0 Å². The van der Waals surface area contributed by atoms with Crippen LogP contribution in [0, 0.1) is 5.92 Å². The number of benzene rings is 1. The van der Waals surface area contributed by atoms with E-state index < -0.39 is 19.0 Å². The minimum atomic E-state index is -1.10. The number of para-hydroxylation sites is 1. The van der Waals surface area contributed by atoms with Gasteiger partial charge in [-0.25, -0.2) is 4.79 Å². The number of aromatic carboxylic acids is 1. The van der Waals surface area contributed by atoms with E-state index in [0.29, 0.717) is 31.2 Å². The van der Waals surface area contributed by atoms with E-state index in [4.69, 9.17) is 14.0 Å². The van der Waals surface area contributed by atoms with Gasteiger partial charge in [-0.3, -0.25) is 9.59 Å². The average molecular weight is 405 g/mol. The molecule has 1 heterocycles. The number of rotatable bonds is 10. The van der Waals surface area contributed by atoms with Crippen LogP contribution in [-0.2, 0) is 25.4 Å². The highest BCUT2D eigenvalue weighted by atomic mass is 16.6. The number of carbonyl (C=O) groups excluding carboxylic acids is 2. The van der Waals surface area contributed by atoms with Crippen LogP contribution in [0.15, 0.2) is 18.2 Å². The highest BCUT2D eigenvalue weighted by Gasteiger charge is 2.40. The van der Waals surface area contributed by atoms with Crippen molar-refractivity contribution in [3.05, 3.63) is 29.3 Å². The van der Waals surface area contributed by atoms with Crippen LogP contribution in [0.5, 0.6) is 5.75 Å². The van der Waals surface area contributed by atoms with Gasteiger partial charge in [0.2, 0.25) is 5.91 Å². The molecule has 158 valence electrons. The topological polar surface area (TPSA) is 111 Å². The van der Waals surface area contributed by atoms with E-state index in [-0.39, 0.29) is 42.3 Å². The van der Waals surface area contributed by atoms with Gasteiger partial charge in [0.1, 0.15) is 12.4 Å². The van der Waals surface area contributed by atoms with Crippen molar-refractivity contribution in [2.45, 2.75) is 52.4 Å². The number of nitrogens with one attached hydrogen (secondary N) is 1. The van der Waals surface area contributed by atoms with Crippen molar-refractivity contribution in [1.82, 2.24) is 5.32 Å². The van der Waals surface area contributed by atoms with Gasteiger partial charge in [-0.15, -0.1) is 0 Å². The molecule has 1 aromatic carbocycles. The minimum Gasteiger partial charge on any atom is -0.534 e. The number of carboxylic acid groups (broad SMARTS) is 1. The molecule has 1 aliphatic rings. The molecular weight excluding hydrogens is 377 g/mol. The van der Waals surface area contributed by atoms with Crippen molar-refractivity contribution in [3.63, 3.8) is 0 Å². The Bertz CT molecular complexity index is 736. The van der Waals surface area contributed by atoms with Gasteiger partial charge in [0.05, 0.1) is 24.0 Å². The van der Waals surface area contributed by atoms with E-state index in [1.165, 1.54) is 6.07 Å². The van der Waals surface area contributed by atoms with Gasteiger partial charge in [0, 0.05) is 6.42 Å². The van der Waals surface area contributed by atoms with Crippen molar-refractivity contribution in [1.29, 1.82) is 0 Å². The molecule has 9 heteroatoms. The van der Waals surface area contributed by atoms with E-state index in [1.54, 1.807) is 19.1 Å². The molecule has 0 spiro atoms. The molecule has 29 heavy (non-hydrogen) atoms. The Morgan fingerprint density at radius 2 is 1.97 bits per heavy atom. The first-order chi connectivity index (χ1) is 13.9. The smallest absolute Gasteiger partial charge is 0.534 e. The predicted octanol–water partition coefficient (Wildman–Crippen LogP) is 2.24. The molecule has 2 rings (SSSR count). The second kappa shape index (κ2) is 10.9. The quantitative estimate of drug-likeness (QED) is 0.349. The van der Waals surface area contributed by atoms with Crippen molar-refractivity contribution < 1.29 is 33.5 Å². The fourth-order valence-electron chi connectivity index (χ4n) is 3.21. The number of hydrogen-bond acceptors (Lipinski definition) is 6. The zero-order valence-corrected chi connectivity index (χ0v) is 17.1. The highest BCUT2D eigenvalue weighted by Crippen LogP contribution is 2.31. The Hall–Kier alpha value is -2.55. The lowest BCUT2D eigenvalue weighted by Crippen LogP contribution is -2.54. The summed E-state index contributed by atoms with van der Waals surface area (Å²) >= 11 is 0. The molecule has 0 bridgehead atoms. The Morgan fingerprint density at radius 3 is 2.59 bits per heavy atom. The fourth-order valence-corrected chi connectivity index (χ4v) is 3.21. The third-order valence-electron chi connectivity index (χ3n) is 4.93. The van der Waals surface area contributed by atoms with E-state index in [9.17, 15) is 19.5 Å². The van der Waals surface area contributed by atoms with Crippen LogP contribution in [0.25, 0.3) is 0 Å². The van der Waals surface area contributed by atoms with E-state index in [1.807, 2.05) is 13.8 Å². The van der Waals surface area contributed by atoms with E-state index >= 15 is 0 Å². The predicted molar refractivity (Wildman–Crippen MR) is 107 cm³/mol. The molecule has 2 N–H and O–H groups in total. The number of hydrogen-bond donors (Lipinski definition) is 2. The van der Waals surface area contributed by atoms with Crippen LogP contribution < -0.4 is 9.97 Å². The first-order valence-electron chi connectivity index (χ1n) is 10.0. The molecule has 0 saturated carbocycles. The summed E-state index contributed by atoms with van der Waals surface area (Å²) in [6.45, 7) is 5.72. The lowest BCUT2D eigenvalue weighted by atomic mass is 9.71. The Labute approximate surface area is 171 Å². The summed E-state index contributed by atoms with van der Waals surface area (Å²) in [6.07, 6.45) is 2.10. The molecule has 0 radical (unpaired) electrons. The molecule has 0 saturated heterocycles. The van der Waals surface area contributed by atoms with Crippen molar-refractivity contribution in [3.8, 4) is 5.75 Å². The van der Waals surface area contributed by atoms with Crippen LogP contribution in [0.4, 0.5) is 0 Å². The van der Waals surface area contributed by atoms with Crippen LogP contribution in [0.2, 0.25) is 0 Å². The normalized spacial score (nSPS) is 15.4. The van der Waals surface area contributed by atoms with Gasteiger partial charge in [-0.05, 0) is 30.9 Å². The first-order valence-corrected chi connectivity index (χ1v) is 10.0. The first kappa shape index (κ1) is 22.7. The minimum absolute atomic E-state index is 0.0385. The summed E-state index contributed by atoms with van der Waals surface area (Å²) in [4.78, 5) is 35.3. The van der Waals surface area contributed by atoms with Gasteiger partial charge in [-0.1, -0.05) is 32.9 Å². The molecule has 8 nitrogen and oxygen atoms in total. The molecule has 1 unspecified atom stereocenters. The molecule has 0 aliphatic carbocycles. The standard InChI is InChI=1S/C20H28BNO7/c1-4-13(5-2)20(26)27-10-11-28-21-16(22-17(23)6-3)12-14-8-7-9-15(19(24)25)18(14)29-21/h7-9,13,16H,4-6,10-12H2,1-3H3,(H,22,23)(H,24,25). The summed E-state index contributed by atoms with van der Waals surface area (Å²) < 4.78 is 16.8. The van der Waals surface area contributed by atoms with E-state index in [2.05, 4.69) is 5.32 Å². The third-order valence-corrected chi connectivity index (χ3v) is 4.93. The molecule has 0 aromatic heterocycles. The van der Waals surface area contributed by atoms with Crippen molar-refractivity contribution in [2.75, 3.05) is 13.2 Å². The van der Waals surface area contributed by atoms with Crippen LogP contribution in [0.1, 0.15) is 56.0 Å². The molecule has 1 amide bonds. The van der Waals surface area contributed by atoms with Gasteiger partial charge < -0.3 is 24.5 Å². The number of carbonyl (C=O) groups is 3. The second-order valence-corrected chi connectivity index (χ2v) is 6.87. The maximum absolute atomic E-state index is 12.0. The molecular formula is C20H28BNO7. The number of esters is 1. The molecule has 1 atom stereocenters. The van der Waals surface area contributed by atoms with Gasteiger partial charge in [0.25, 0.3) is 0 Å². The van der Waals surface area contributed by atoms with Crippen molar-refractivity contribution in [2.24, 2.45) is 5.92 Å². The lowest BCUT2D eigenvalue weighted by molar-refractivity contribution is -0.149. The molecule has 1 aliphatic heterocycles. The zero-order chi connectivity index (χ0) is 21.4. The van der Waals surface area contributed by atoms with E-state index in [0.717, 1.165) is 0 Å². The number of carboxylic acids is 1. The maximum atomic E-state index is 12.0. The average Bonchev–Trinajstić information content (AvgIpc) is 2.71. The SMILES string of the molecule is CCC(=O)NC1Cc2cccc(C(=O)O)c2OB1OCCOC(=O)C(CC)CC. The summed E-state index contributed by atoms with van der Waals surface area (Å²) in [6, 6.07) is 4.87. The van der Waals surface area contributed by atoms with Crippen LogP contribution >= 0.6 is 0 Å². The number of amides is 1. The summed E-state index contributed by atoms with van der Waals surface area (Å²) in [7, 11) is -0.884. The number of fused-ring (bicyclic) bond motifs is 1. The number of ether oxygens (including phenoxy) is 1. The van der Waals surface area contributed by atoms with Gasteiger partial charge in [-0.2, -0.15) is 0 Å². The maximum Gasteiger partial charge on any atom is 0.549 e. The largest absolute Gasteiger partial charge is 0.549 e. The Morgan fingerprint density at radius 1 is 1.24 bits per heavy atom. The summed E-state index contributed by atoms with van der Waals surface area (Å²) in [5.41, 5.74) is 0.725.